The fraction of sp³-hybridized carbons (Fsp3) is 0.500. The average molecular weight is 232 g/mol. The molecule has 0 aromatic carbocycles. The molecule has 1 N–H and O–H groups in total. The number of fused-ring (bicyclic) bond motifs is 1. The quantitative estimate of drug-likeness (QED) is 0.811. The maximum absolute atomic E-state index is 5.71. The average Bonchev–Trinajstić information content (AvgIpc) is 2.71. The van der Waals surface area contributed by atoms with Crippen molar-refractivity contribution in [3.05, 3.63) is 18.5 Å². The first-order valence-electron chi connectivity index (χ1n) is 5.83. The van der Waals surface area contributed by atoms with Crippen molar-refractivity contribution in [2.45, 2.75) is 19.4 Å². The Labute approximate surface area is 99.8 Å². The molecule has 5 heteroatoms. The molecule has 1 aliphatic rings. The number of ether oxygens (including phenoxy) is 1. The van der Waals surface area contributed by atoms with Crippen LogP contribution in [0.25, 0.3) is 10.9 Å². The number of H-pyrrole nitrogens is 1. The molecule has 1 aliphatic heterocycles. The number of aromatic amines is 1. The summed E-state index contributed by atoms with van der Waals surface area (Å²) in [6.45, 7) is 6.69. The Bertz CT molecular complexity index is 534. The van der Waals surface area contributed by atoms with Crippen molar-refractivity contribution in [3.63, 3.8) is 0 Å². The van der Waals surface area contributed by atoms with Gasteiger partial charge in [0.05, 0.1) is 23.9 Å². The number of anilines is 1. The maximum atomic E-state index is 5.71. The Kier molecular flexibility index (Phi) is 2.29. The molecule has 5 nitrogen and oxygen atoms in total. The van der Waals surface area contributed by atoms with E-state index in [1.807, 2.05) is 6.07 Å². The Morgan fingerprint density at radius 1 is 1.47 bits per heavy atom. The van der Waals surface area contributed by atoms with Crippen LogP contribution in [0.1, 0.15) is 13.8 Å². The second-order valence-corrected chi connectivity index (χ2v) is 5.00. The van der Waals surface area contributed by atoms with Crippen LogP contribution in [-0.4, -0.2) is 40.5 Å². The molecule has 0 atom stereocenters. The number of nitrogens with zero attached hydrogens (tertiary/aromatic N) is 3. The summed E-state index contributed by atoms with van der Waals surface area (Å²) in [4.78, 5) is 6.35. The summed E-state index contributed by atoms with van der Waals surface area (Å²) < 4.78 is 5.71. The van der Waals surface area contributed by atoms with E-state index in [1.54, 1.807) is 12.4 Å². The van der Waals surface area contributed by atoms with Crippen LogP contribution in [-0.2, 0) is 4.74 Å². The summed E-state index contributed by atoms with van der Waals surface area (Å²) in [5, 5.41) is 8.53. The molecule has 0 amide bonds. The Balaban J connectivity index is 1.98. The minimum Gasteiger partial charge on any atom is -0.372 e. The summed E-state index contributed by atoms with van der Waals surface area (Å²) in [7, 11) is 0. The van der Waals surface area contributed by atoms with Crippen molar-refractivity contribution in [2.75, 3.05) is 24.6 Å². The first-order chi connectivity index (χ1) is 8.16. The zero-order valence-corrected chi connectivity index (χ0v) is 10.1. The topological polar surface area (TPSA) is 54.0 Å². The molecule has 3 heterocycles. The molecule has 0 unspecified atom stereocenters. The maximum Gasteiger partial charge on any atom is 0.158 e. The number of pyridine rings is 1. The SMILES string of the molecule is CC1(C)CN(c2n[nH]c3cnccc23)CCO1. The fourth-order valence-electron chi connectivity index (χ4n) is 2.29. The summed E-state index contributed by atoms with van der Waals surface area (Å²) in [6.07, 6.45) is 3.60. The molecule has 0 aliphatic carbocycles. The van der Waals surface area contributed by atoms with E-state index >= 15 is 0 Å². The monoisotopic (exact) mass is 232 g/mol. The second-order valence-electron chi connectivity index (χ2n) is 5.00. The highest BCUT2D eigenvalue weighted by Crippen LogP contribution is 2.27. The van der Waals surface area contributed by atoms with Gasteiger partial charge in [-0.15, -0.1) is 0 Å². The van der Waals surface area contributed by atoms with Gasteiger partial charge in [0, 0.05) is 24.7 Å². The van der Waals surface area contributed by atoms with Crippen molar-refractivity contribution < 1.29 is 4.74 Å². The minimum atomic E-state index is -0.115. The van der Waals surface area contributed by atoms with Crippen LogP contribution in [0.3, 0.4) is 0 Å². The van der Waals surface area contributed by atoms with E-state index < -0.39 is 0 Å². The minimum absolute atomic E-state index is 0.115. The molecule has 0 bridgehead atoms. The Morgan fingerprint density at radius 3 is 3.18 bits per heavy atom. The third-order valence-corrected chi connectivity index (χ3v) is 3.07. The predicted octanol–water partition coefficient (Wildman–Crippen LogP) is 1.57. The van der Waals surface area contributed by atoms with E-state index in [1.165, 1.54) is 0 Å². The van der Waals surface area contributed by atoms with E-state index in [0.717, 1.165) is 36.4 Å². The van der Waals surface area contributed by atoms with Gasteiger partial charge in [-0.1, -0.05) is 0 Å². The fourth-order valence-corrected chi connectivity index (χ4v) is 2.29. The van der Waals surface area contributed by atoms with E-state index in [2.05, 4.69) is 33.9 Å². The van der Waals surface area contributed by atoms with Gasteiger partial charge in [0.15, 0.2) is 5.82 Å². The standard InChI is InChI=1S/C12H16N4O/c1-12(2)8-16(5-6-17-12)11-9-3-4-13-7-10(9)14-15-11/h3-4,7H,5-6,8H2,1-2H3,(H,14,15). The van der Waals surface area contributed by atoms with Crippen molar-refractivity contribution in [2.24, 2.45) is 0 Å². The summed E-state index contributed by atoms with van der Waals surface area (Å²) in [5.74, 6) is 0.999. The number of nitrogens with one attached hydrogen (secondary N) is 1. The first kappa shape index (κ1) is 10.5. The summed E-state index contributed by atoms with van der Waals surface area (Å²) in [6, 6.07) is 2.00. The van der Waals surface area contributed by atoms with E-state index in [0.29, 0.717) is 0 Å². The van der Waals surface area contributed by atoms with E-state index in [-0.39, 0.29) is 5.60 Å². The molecule has 2 aromatic heterocycles. The van der Waals surface area contributed by atoms with Gasteiger partial charge in [0.25, 0.3) is 0 Å². The van der Waals surface area contributed by atoms with Crippen molar-refractivity contribution in [1.29, 1.82) is 0 Å². The van der Waals surface area contributed by atoms with Crippen molar-refractivity contribution >= 4 is 16.7 Å². The zero-order chi connectivity index (χ0) is 11.9. The smallest absolute Gasteiger partial charge is 0.158 e. The largest absolute Gasteiger partial charge is 0.372 e. The van der Waals surface area contributed by atoms with E-state index in [9.17, 15) is 0 Å². The highest BCUT2D eigenvalue weighted by Gasteiger charge is 2.29. The lowest BCUT2D eigenvalue weighted by molar-refractivity contribution is -0.0278. The molecule has 3 rings (SSSR count). The molecule has 1 saturated heterocycles. The normalized spacial score (nSPS) is 19.8. The second kappa shape index (κ2) is 3.70. The van der Waals surface area contributed by atoms with Crippen molar-refractivity contribution in [3.8, 4) is 0 Å². The van der Waals surface area contributed by atoms with Crippen LogP contribution in [0.2, 0.25) is 0 Å². The molecular weight excluding hydrogens is 216 g/mol. The predicted molar refractivity (Wildman–Crippen MR) is 66.1 cm³/mol. The Morgan fingerprint density at radius 2 is 2.35 bits per heavy atom. The zero-order valence-electron chi connectivity index (χ0n) is 10.1. The number of aromatic nitrogens is 3. The van der Waals surface area contributed by atoms with Crippen molar-refractivity contribution in [1.82, 2.24) is 15.2 Å². The van der Waals surface area contributed by atoms with Gasteiger partial charge in [-0.05, 0) is 19.9 Å². The van der Waals surface area contributed by atoms with Crippen LogP contribution in [0.15, 0.2) is 18.5 Å². The van der Waals surface area contributed by atoms with Gasteiger partial charge in [-0.2, -0.15) is 5.10 Å². The number of rotatable bonds is 1. The molecular formula is C12H16N4O. The van der Waals surface area contributed by atoms with Gasteiger partial charge >= 0.3 is 0 Å². The summed E-state index contributed by atoms with van der Waals surface area (Å²) in [5.41, 5.74) is 0.864. The van der Waals surface area contributed by atoms with Crippen LogP contribution in [0.5, 0.6) is 0 Å². The molecule has 0 spiro atoms. The van der Waals surface area contributed by atoms with Crippen LogP contribution in [0, 0.1) is 0 Å². The van der Waals surface area contributed by atoms with Gasteiger partial charge in [-0.25, -0.2) is 0 Å². The molecule has 17 heavy (non-hydrogen) atoms. The van der Waals surface area contributed by atoms with Gasteiger partial charge in [-0.3, -0.25) is 10.1 Å². The van der Waals surface area contributed by atoms with Gasteiger partial charge in [0.1, 0.15) is 0 Å². The molecule has 0 radical (unpaired) electrons. The van der Waals surface area contributed by atoms with Crippen LogP contribution >= 0.6 is 0 Å². The third-order valence-electron chi connectivity index (χ3n) is 3.07. The molecule has 1 fully saturated rings. The lowest BCUT2D eigenvalue weighted by Gasteiger charge is -2.38. The highest BCUT2D eigenvalue weighted by atomic mass is 16.5. The number of morpholine rings is 1. The van der Waals surface area contributed by atoms with E-state index in [4.69, 9.17) is 4.74 Å². The summed E-state index contributed by atoms with van der Waals surface area (Å²) >= 11 is 0. The molecule has 0 saturated carbocycles. The van der Waals surface area contributed by atoms with Gasteiger partial charge < -0.3 is 9.64 Å². The lowest BCUT2D eigenvalue weighted by atomic mass is 10.1. The molecule has 90 valence electrons. The number of hydrogen-bond donors (Lipinski definition) is 1. The van der Waals surface area contributed by atoms with Gasteiger partial charge in [0.2, 0.25) is 0 Å². The van der Waals surface area contributed by atoms with Crippen LogP contribution in [0.4, 0.5) is 5.82 Å². The number of hydrogen-bond acceptors (Lipinski definition) is 4. The third kappa shape index (κ3) is 1.86. The van der Waals surface area contributed by atoms with Crippen LogP contribution < -0.4 is 4.90 Å². The molecule has 2 aromatic rings. The highest BCUT2D eigenvalue weighted by molar-refractivity contribution is 5.89. The Hall–Kier alpha value is -1.62. The lowest BCUT2D eigenvalue weighted by Crippen LogP contribution is -2.48. The first-order valence-corrected chi connectivity index (χ1v) is 5.83.